The van der Waals surface area contributed by atoms with E-state index >= 15 is 0 Å². The number of hydrogen-bond donors (Lipinski definition) is 1. The van der Waals surface area contributed by atoms with E-state index in [1.807, 2.05) is 0 Å². The smallest absolute Gasteiger partial charge is 0.279 e. The first kappa shape index (κ1) is 21.2. The lowest BCUT2D eigenvalue weighted by Gasteiger charge is -2.19. The number of anilines is 1. The van der Waals surface area contributed by atoms with Crippen LogP contribution in [0, 0.1) is 10.1 Å². The normalized spacial score (nSPS) is 10.9. The van der Waals surface area contributed by atoms with E-state index in [1.165, 1.54) is 6.07 Å². The molecule has 8 heteroatoms. The van der Waals surface area contributed by atoms with Gasteiger partial charge in [-0.05, 0) is 36.5 Å². The molecule has 0 fully saturated rings. The summed E-state index contributed by atoms with van der Waals surface area (Å²) < 4.78 is 0. The fraction of sp³-hybridized carbons (Fsp3) is 0.333. The molecule has 2 aromatic rings. The van der Waals surface area contributed by atoms with Gasteiger partial charge in [0, 0.05) is 27.1 Å². The summed E-state index contributed by atoms with van der Waals surface area (Å²) in [5, 5.41) is 12.6. The summed E-state index contributed by atoms with van der Waals surface area (Å²) in [6.45, 7) is 4.14. The van der Waals surface area contributed by atoms with Crippen LogP contribution in [0.25, 0.3) is 11.1 Å². The van der Waals surface area contributed by atoms with E-state index in [0.29, 0.717) is 26.9 Å². The third-order valence-electron chi connectivity index (χ3n) is 3.56. The van der Waals surface area contributed by atoms with Gasteiger partial charge in [-0.25, -0.2) is 0 Å². The molecule has 0 amide bonds. The SMILES string of the molecule is CCCSc1c(Cl)cc(Cl)c(SCCC)c1-c1c(N)cccc1[N+](=O)[O-]. The Morgan fingerprint density at radius 2 is 1.58 bits per heavy atom. The summed E-state index contributed by atoms with van der Waals surface area (Å²) in [6.07, 6.45) is 1.90. The number of nitro groups is 1. The van der Waals surface area contributed by atoms with Gasteiger partial charge in [0.2, 0.25) is 0 Å². The summed E-state index contributed by atoms with van der Waals surface area (Å²) >= 11 is 16.1. The van der Waals surface area contributed by atoms with E-state index in [2.05, 4.69) is 13.8 Å². The summed E-state index contributed by atoms with van der Waals surface area (Å²) in [5.74, 6) is 1.68. The number of nitrogen functional groups attached to an aromatic ring is 1. The molecule has 0 saturated carbocycles. The lowest BCUT2D eigenvalue weighted by molar-refractivity contribution is -0.384. The zero-order chi connectivity index (χ0) is 19.3. The van der Waals surface area contributed by atoms with Gasteiger partial charge in [-0.3, -0.25) is 10.1 Å². The van der Waals surface area contributed by atoms with Crippen LogP contribution in [0.5, 0.6) is 0 Å². The fourth-order valence-corrected chi connectivity index (χ4v) is 5.25. The van der Waals surface area contributed by atoms with Crippen molar-refractivity contribution in [1.29, 1.82) is 0 Å². The number of nitro benzene ring substituents is 1. The number of thioether (sulfide) groups is 2. The number of benzene rings is 2. The van der Waals surface area contributed by atoms with Crippen LogP contribution >= 0.6 is 46.7 Å². The largest absolute Gasteiger partial charge is 0.398 e. The molecule has 0 radical (unpaired) electrons. The van der Waals surface area contributed by atoms with E-state index in [-0.39, 0.29) is 5.69 Å². The average Bonchev–Trinajstić information content (AvgIpc) is 2.59. The Morgan fingerprint density at radius 3 is 2.04 bits per heavy atom. The number of nitrogens with zero attached hydrogens (tertiary/aromatic N) is 1. The van der Waals surface area contributed by atoms with E-state index in [4.69, 9.17) is 28.9 Å². The first-order valence-corrected chi connectivity index (χ1v) is 11.0. The molecule has 0 saturated heterocycles. The third kappa shape index (κ3) is 4.60. The standard InChI is InChI=1S/C18H20Cl2N2O2S2/c1-3-8-25-17-11(19)10-12(20)18(26-9-4-2)16(17)15-13(21)6-5-7-14(15)22(23)24/h5-7,10H,3-4,8-9,21H2,1-2H3. The Bertz CT molecular complexity index is 784. The van der Waals surface area contributed by atoms with Crippen molar-refractivity contribution in [3.05, 3.63) is 44.4 Å². The van der Waals surface area contributed by atoms with Gasteiger partial charge in [0.25, 0.3) is 5.69 Å². The van der Waals surface area contributed by atoms with E-state index in [1.54, 1.807) is 41.7 Å². The van der Waals surface area contributed by atoms with Crippen molar-refractivity contribution in [2.45, 2.75) is 36.5 Å². The van der Waals surface area contributed by atoms with Crippen LogP contribution in [0.2, 0.25) is 10.0 Å². The van der Waals surface area contributed by atoms with Gasteiger partial charge < -0.3 is 5.73 Å². The lowest BCUT2D eigenvalue weighted by Crippen LogP contribution is -2.00. The molecular formula is C18H20Cl2N2O2S2. The quantitative estimate of drug-likeness (QED) is 0.208. The van der Waals surface area contributed by atoms with Crippen LogP contribution in [0.15, 0.2) is 34.1 Å². The van der Waals surface area contributed by atoms with Crippen LogP contribution in [-0.2, 0) is 0 Å². The molecule has 0 atom stereocenters. The maximum absolute atomic E-state index is 11.6. The maximum Gasteiger partial charge on any atom is 0.279 e. The monoisotopic (exact) mass is 430 g/mol. The maximum atomic E-state index is 11.6. The zero-order valence-electron chi connectivity index (χ0n) is 14.6. The first-order chi connectivity index (χ1) is 12.4. The minimum atomic E-state index is -0.414. The van der Waals surface area contributed by atoms with Gasteiger partial charge in [0.05, 0.1) is 20.5 Å². The van der Waals surface area contributed by atoms with E-state index in [9.17, 15) is 10.1 Å². The Labute approximate surface area is 172 Å². The summed E-state index contributed by atoms with van der Waals surface area (Å²) in [7, 11) is 0. The first-order valence-electron chi connectivity index (χ1n) is 8.23. The van der Waals surface area contributed by atoms with Gasteiger partial charge >= 0.3 is 0 Å². The summed E-state index contributed by atoms with van der Waals surface area (Å²) in [4.78, 5) is 12.8. The number of nitrogens with two attached hydrogens (primary N) is 1. The topological polar surface area (TPSA) is 69.2 Å². The number of halogens is 2. The Hall–Kier alpha value is -1.08. The Kier molecular flexibility index (Phi) is 7.95. The Balaban J connectivity index is 2.86. The highest BCUT2D eigenvalue weighted by Gasteiger charge is 2.26. The van der Waals surface area contributed by atoms with E-state index in [0.717, 1.165) is 34.1 Å². The molecule has 0 aliphatic rings. The molecule has 0 spiro atoms. The minimum absolute atomic E-state index is 0.0416. The van der Waals surface area contributed by atoms with Crippen molar-refractivity contribution in [1.82, 2.24) is 0 Å². The van der Waals surface area contributed by atoms with Crippen molar-refractivity contribution in [3.63, 3.8) is 0 Å². The van der Waals surface area contributed by atoms with Crippen LogP contribution in [-0.4, -0.2) is 16.4 Å². The van der Waals surface area contributed by atoms with Gasteiger partial charge in [-0.15, -0.1) is 23.5 Å². The van der Waals surface area contributed by atoms with Crippen molar-refractivity contribution in [2.24, 2.45) is 0 Å². The molecule has 2 rings (SSSR count). The average molecular weight is 431 g/mol. The molecular weight excluding hydrogens is 411 g/mol. The molecule has 26 heavy (non-hydrogen) atoms. The molecule has 0 aromatic heterocycles. The summed E-state index contributed by atoms with van der Waals surface area (Å²) in [5.41, 5.74) is 7.54. The van der Waals surface area contributed by atoms with Gasteiger partial charge in [0.15, 0.2) is 0 Å². The molecule has 0 aliphatic heterocycles. The molecule has 2 N–H and O–H groups in total. The van der Waals surface area contributed by atoms with Gasteiger partial charge in [-0.2, -0.15) is 0 Å². The Morgan fingerprint density at radius 1 is 1.04 bits per heavy atom. The van der Waals surface area contributed by atoms with Crippen LogP contribution in [0.4, 0.5) is 11.4 Å². The molecule has 140 valence electrons. The molecule has 0 aliphatic carbocycles. The highest BCUT2D eigenvalue weighted by Crippen LogP contribution is 2.50. The van der Waals surface area contributed by atoms with Crippen LogP contribution < -0.4 is 5.73 Å². The molecule has 4 nitrogen and oxygen atoms in total. The number of hydrogen-bond acceptors (Lipinski definition) is 5. The fourth-order valence-electron chi connectivity index (χ4n) is 2.48. The predicted molar refractivity (Wildman–Crippen MR) is 115 cm³/mol. The van der Waals surface area contributed by atoms with Crippen LogP contribution in [0.3, 0.4) is 0 Å². The molecule has 0 bridgehead atoms. The van der Waals surface area contributed by atoms with E-state index < -0.39 is 4.92 Å². The molecule has 0 heterocycles. The molecule has 2 aromatic carbocycles. The second kappa shape index (κ2) is 9.74. The highest BCUT2D eigenvalue weighted by atomic mass is 35.5. The van der Waals surface area contributed by atoms with Gasteiger partial charge in [-0.1, -0.05) is 43.1 Å². The second-order valence-corrected chi connectivity index (χ2v) is 8.59. The van der Waals surface area contributed by atoms with Crippen molar-refractivity contribution in [2.75, 3.05) is 17.2 Å². The van der Waals surface area contributed by atoms with Crippen molar-refractivity contribution in [3.8, 4) is 11.1 Å². The second-order valence-electron chi connectivity index (χ2n) is 5.57. The third-order valence-corrected chi connectivity index (χ3v) is 7.03. The van der Waals surface area contributed by atoms with Crippen molar-refractivity contribution >= 4 is 58.1 Å². The highest BCUT2D eigenvalue weighted by molar-refractivity contribution is 8.00. The zero-order valence-corrected chi connectivity index (χ0v) is 17.7. The minimum Gasteiger partial charge on any atom is -0.398 e. The van der Waals surface area contributed by atoms with Gasteiger partial charge in [0.1, 0.15) is 0 Å². The summed E-state index contributed by atoms with van der Waals surface area (Å²) in [6, 6.07) is 6.43. The van der Waals surface area contributed by atoms with Crippen molar-refractivity contribution < 1.29 is 4.92 Å². The predicted octanol–water partition coefficient (Wildman–Crippen LogP) is 7.16. The molecule has 0 unspecified atom stereocenters. The lowest BCUT2D eigenvalue weighted by atomic mass is 10.0. The van der Waals surface area contributed by atoms with Crippen LogP contribution in [0.1, 0.15) is 26.7 Å². The number of rotatable bonds is 8.